The monoisotopic (exact) mass is 260 g/mol. The van der Waals surface area contributed by atoms with Crippen molar-refractivity contribution >= 4 is 10.0 Å². The molecule has 1 rings (SSSR count). The molecular weight excluding hydrogens is 240 g/mol. The highest BCUT2D eigenvalue weighted by Crippen LogP contribution is 1.99. The maximum absolute atomic E-state index is 11.8. The number of sulfonamides is 1. The zero-order chi connectivity index (χ0) is 12.7. The smallest absolute Gasteiger partial charge is 0.215 e. The molecule has 17 heavy (non-hydrogen) atoms. The third kappa shape index (κ3) is 4.84. The van der Waals surface area contributed by atoms with E-state index >= 15 is 0 Å². The molecule has 0 saturated carbocycles. The molecule has 0 aliphatic heterocycles. The van der Waals surface area contributed by atoms with Crippen molar-refractivity contribution in [2.75, 3.05) is 13.1 Å². The molecule has 0 bridgehead atoms. The average molecular weight is 260 g/mol. The zero-order valence-corrected chi connectivity index (χ0v) is 11.0. The van der Waals surface area contributed by atoms with Crippen molar-refractivity contribution in [2.45, 2.75) is 32.1 Å². The molecule has 0 aromatic carbocycles. The van der Waals surface area contributed by atoms with Crippen molar-refractivity contribution in [1.29, 1.82) is 0 Å². The summed E-state index contributed by atoms with van der Waals surface area (Å²) in [5.41, 5.74) is 0.752. The van der Waals surface area contributed by atoms with Crippen LogP contribution in [0.3, 0.4) is 0 Å². The Morgan fingerprint density at radius 2 is 2.29 bits per heavy atom. The fourth-order valence-electron chi connectivity index (χ4n) is 1.29. The van der Waals surface area contributed by atoms with Crippen LogP contribution in [0.25, 0.3) is 0 Å². The molecule has 1 atom stereocenters. The number of rotatable bonds is 8. The Hall–Kier alpha value is -0.920. The highest BCUT2D eigenvalue weighted by atomic mass is 32.2. The van der Waals surface area contributed by atoms with Crippen LogP contribution in [0, 0.1) is 0 Å². The highest BCUT2D eigenvalue weighted by Gasteiger charge is 2.19. The molecule has 7 heteroatoms. The highest BCUT2D eigenvalue weighted by molar-refractivity contribution is 7.90. The molecule has 0 aliphatic carbocycles. The van der Waals surface area contributed by atoms with Gasteiger partial charge >= 0.3 is 0 Å². The Kier molecular flexibility index (Phi) is 5.60. The van der Waals surface area contributed by atoms with Gasteiger partial charge in [-0.25, -0.2) is 18.1 Å². The Labute approximate surface area is 102 Å². The van der Waals surface area contributed by atoms with E-state index in [1.54, 1.807) is 13.1 Å². The van der Waals surface area contributed by atoms with Crippen molar-refractivity contribution in [3.63, 3.8) is 0 Å². The number of nitrogens with one attached hydrogen (secondary N) is 3. The van der Waals surface area contributed by atoms with Crippen LogP contribution in [0.1, 0.15) is 26.0 Å². The lowest BCUT2D eigenvalue weighted by molar-refractivity contribution is 0.556. The van der Waals surface area contributed by atoms with Gasteiger partial charge in [0.15, 0.2) is 0 Å². The maximum Gasteiger partial charge on any atom is 0.215 e. The first kappa shape index (κ1) is 14.1. The van der Waals surface area contributed by atoms with Crippen LogP contribution in [0.4, 0.5) is 0 Å². The first-order valence-electron chi connectivity index (χ1n) is 5.72. The lowest BCUT2D eigenvalue weighted by Gasteiger charge is -2.14. The van der Waals surface area contributed by atoms with Crippen molar-refractivity contribution in [3.8, 4) is 0 Å². The van der Waals surface area contributed by atoms with E-state index in [4.69, 9.17) is 0 Å². The van der Waals surface area contributed by atoms with E-state index in [0.717, 1.165) is 18.7 Å². The predicted octanol–water partition coefficient (Wildman–Crippen LogP) is 0.217. The number of nitrogens with zero attached hydrogens (tertiary/aromatic N) is 1. The van der Waals surface area contributed by atoms with E-state index in [9.17, 15) is 8.42 Å². The normalized spacial score (nSPS) is 13.8. The zero-order valence-electron chi connectivity index (χ0n) is 10.2. The first-order chi connectivity index (χ1) is 8.06. The maximum atomic E-state index is 11.8. The van der Waals surface area contributed by atoms with E-state index in [0.29, 0.717) is 6.54 Å². The summed E-state index contributed by atoms with van der Waals surface area (Å²) < 4.78 is 26.2. The van der Waals surface area contributed by atoms with E-state index in [1.165, 1.54) is 6.33 Å². The van der Waals surface area contributed by atoms with Crippen molar-refractivity contribution < 1.29 is 8.42 Å². The molecule has 0 saturated heterocycles. The van der Waals surface area contributed by atoms with Crippen LogP contribution in [0.2, 0.25) is 0 Å². The molecule has 1 aromatic heterocycles. The number of hydrogen-bond donors (Lipinski definition) is 3. The van der Waals surface area contributed by atoms with Crippen LogP contribution in [0.5, 0.6) is 0 Å². The van der Waals surface area contributed by atoms with E-state index < -0.39 is 15.3 Å². The molecule has 1 aromatic rings. The summed E-state index contributed by atoms with van der Waals surface area (Å²) in [7, 11) is -3.28. The Bertz CT molecular complexity index is 402. The van der Waals surface area contributed by atoms with Crippen LogP contribution < -0.4 is 10.0 Å². The quantitative estimate of drug-likeness (QED) is 0.583. The SMILES string of the molecule is CCCNCC(C)S(=O)(=O)NCc1cnc[nH]1. The Morgan fingerprint density at radius 3 is 2.88 bits per heavy atom. The average Bonchev–Trinajstić information content (AvgIpc) is 2.79. The number of aromatic amines is 1. The molecule has 0 aliphatic rings. The molecule has 0 spiro atoms. The molecule has 3 N–H and O–H groups in total. The summed E-state index contributed by atoms with van der Waals surface area (Å²) in [5, 5.41) is 2.65. The molecule has 6 nitrogen and oxygen atoms in total. The summed E-state index contributed by atoms with van der Waals surface area (Å²) in [6.45, 7) is 5.29. The van der Waals surface area contributed by atoms with Crippen LogP contribution in [-0.2, 0) is 16.6 Å². The minimum Gasteiger partial charge on any atom is -0.347 e. The topological polar surface area (TPSA) is 86.9 Å². The Morgan fingerprint density at radius 1 is 1.53 bits per heavy atom. The van der Waals surface area contributed by atoms with Gasteiger partial charge in [0.25, 0.3) is 0 Å². The van der Waals surface area contributed by atoms with Gasteiger partial charge in [-0.1, -0.05) is 6.92 Å². The van der Waals surface area contributed by atoms with E-state index in [-0.39, 0.29) is 6.54 Å². The molecular formula is C10H20N4O2S. The number of imidazole rings is 1. The Balaban J connectivity index is 2.39. The van der Waals surface area contributed by atoms with Crippen molar-refractivity contribution in [2.24, 2.45) is 0 Å². The lowest BCUT2D eigenvalue weighted by atomic mass is 10.4. The van der Waals surface area contributed by atoms with Crippen molar-refractivity contribution in [3.05, 3.63) is 18.2 Å². The number of H-pyrrole nitrogens is 1. The summed E-state index contributed by atoms with van der Waals surface area (Å²) in [6, 6.07) is 0. The fraction of sp³-hybridized carbons (Fsp3) is 0.700. The molecule has 1 heterocycles. The second kappa shape index (κ2) is 6.73. The molecule has 0 amide bonds. The molecule has 0 fully saturated rings. The minimum absolute atomic E-state index is 0.250. The summed E-state index contributed by atoms with van der Waals surface area (Å²) in [5.74, 6) is 0. The van der Waals surface area contributed by atoms with Crippen LogP contribution >= 0.6 is 0 Å². The number of aromatic nitrogens is 2. The summed E-state index contributed by atoms with van der Waals surface area (Å²) in [6.07, 6.45) is 4.12. The third-order valence-corrected chi connectivity index (χ3v) is 4.18. The van der Waals surface area contributed by atoms with Crippen LogP contribution in [-0.4, -0.2) is 36.7 Å². The van der Waals surface area contributed by atoms with E-state index in [2.05, 4.69) is 20.0 Å². The lowest BCUT2D eigenvalue weighted by Crippen LogP contribution is -2.38. The van der Waals surface area contributed by atoms with E-state index in [1.807, 2.05) is 6.92 Å². The number of hydrogen-bond acceptors (Lipinski definition) is 4. The fourth-order valence-corrected chi connectivity index (χ4v) is 2.27. The van der Waals surface area contributed by atoms with Gasteiger partial charge in [-0.2, -0.15) is 0 Å². The van der Waals surface area contributed by atoms with Gasteiger partial charge in [0, 0.05) is 18.4 Å². The molecule has 0 radical (unpaired) electrons. The molecule has 1 unspecified atom stereocenters. The van der Waals surface area contributed by atoms with Crippen LogP contribution in [0.15, 0.2) is 12.5 Å². The molecule has 98 valence electrons. The second-order valence-corrected chi connectivity index (χ2v) is 6.14. The summed E-state index contributed by atoms with van der Waals surface area (Å²) in [4.78, 5) is 6.67. The van der Waals surface area contributed by atoms with Gasteiger partial charge < -0.3 is 10.3 Å². The minimum atomic E-state index is -3.28. The van der Waals surface area contributed by atoms with Gasteiger partial charge in [0.05, 0.1) is 18.1 Å². The van der Waals surface area contributed by atoms with Gasteiger partial charge in [-0.05, 0) is 19.9 Å². The van der Waals surface area contributed by atoms with Gasteiger partial charge in [0.1, 0.15) is 0 Å². The third-order valence-electron chi connectivity index (χ3n) is 2.41. The van der Waals surface area contributed by atoms with Gasteiger partial charge in [-0.3, -0.25) is 0 Å². The summed E-state index contributed by atoms with van der Waals surface area (Å²) >= 11 is 0. The van der Waals surface area contributed by atoms with Gasteiger partial charge in [-0.15, -0.1) is 0 Å². The first-order valence-corrected chi connectivity index (χ1v) is 7.27. The van der Waals surface area contributed by atoms with Crippen molar-refractivity contribution in [1.82, 2.24) is 20.0 Å². The van der Waals surface area contributed by atoms with Gasteiger partial charge in [0.2, 0.25) is 10.0 Å². The largest absolute Gasteiger partial charge is 0.347 e. The standard InChI is InChI=1S/C10H20N4O2S/c1-3-4-11-5-9(2)17(15,16)14-7-10-6-12-8-13-10/h6,8-9,11,14H,3-5,7H2,1-2H3,(H,12,13). The second-order valence-electron chi connectivity index (χ2n) is 3.96. The predicted molar refractivity (Wildman–Crippen MR) is 67.0 cm³/mol.